The van der Waals surface area contributed by atoms with E-state index in [-0.39, 0.29) is 5.78 Å². The number of rotatable bonds is 4. The van der Waals surface area contributed by atoms with E-state index in [1.54, 1.807) is 0 Å². The number of ketones is 1. The first kappa shape index (κ1) is 19.4. The maximum Gasteiger partial charge on any atom is 0.178 e. The van der Waals surface area contributed by atoms with Crippen molar-refractivity contribution < 1.29 is 4.79 Å². The number of Topliss-reactive ketones (excluding diaryl/α,β-unsaturated/α-hetero) is 1. The fourth-order valence-corrected chi connectivity index (χ4v) is 4.05. The molecule has 0 spiro atoms. The van der Waals surface area contributed by atoms with Crippen LogP contribution in [0, 0.1) is 13.8 Å². The van der Waals surface area contributed by atoms with Crippen LogP contribution in [-0.4, -0.2) is 34.9 Å². The van der Waals surface area contributed by atoms with E-state index in [4.69, 9.17) is 0 Å². The Morgan fingerprint density at radius 3 is 2.37 bits per heavy atom. The molecule has 0 bridgehead atoms. The molecule has 2 heterocycles. The van der Waals surface area contributed by atoms with Gasteiger partial charge in [0.25, 0.3) is 0 Å². The minimum absolute atomic E-state index is 0.237. The van der Waals surface area contributed by atoms with Crippen molar-refractivity contribution in [3.8, 4) is 5.69 Å². The average molecular weight is 363 g/mol. The molecule has 0 unspecified atom stereocenters. The van der Waals surface area contributed by atoms with Gasteiger partial charge in [0.2, 0.25) is 0 Å². The van der Waals surface area contributed by atoms with E-state index in [9.17, 15) is 4.79 Å². The number of hydrogen-bond donors (Lipinski definition) is 0. The van der Waals surface area contributed by atoms with Crippen LogP contribution in [0.3, 0.4) is 0 Å². The van der Waals surface area contributed by atoms with Gasteiger partial charge in [-0.2, -0.15) is 0 Å². The highest BCUT2D eigenvalue weighted by atomic mass is 16.1. The molecular formula is C24H30N2O. The highest BCUT2D eigenvalue weighted by molar-refractivity contribution is 5.99. The Kier molecular flexibility index (Phi) is 6.12. The van der Waals surface area contributed by atoms with E-state index in [0.29, 0.717) is 6.54 Å². The third kappa shape index (κ3) is 3.84. The lowest BCUT2D eigenvalue weighted by Gasteiger charge is -2.15. The van der Waals surface area contributed by atoms with Gasteiger partial charge in [0.1, 0.15) is 0 Å². The Morgan fingerprint density at radius 1 is 0.963 bits per heavy atom. The van der Waals surface area contributed by atoms with Gasteiger partial charge in [-0.05, 0) is 57.3 Å². The molecule has 0 radical (unpaired) electrons. The number of benzene rings is 2. The Labute approximate surface area is 162 Å². The van der Waals surface area contributed by atoms with Crippen molar-refractivity contribution in [3.05, 3.63) is 65.5 Å². The molecule has 0 N–H and O–H groups in total. The second-order valence-electron chi connectivity index (χ2n) is 7.02. The third-order valence-corrected chi connectivity index (χ3v) is 5.30. The maximum atomic E-state index is 12.8. The molecule has 142 valence electrons. The molecule has 1 saturated heterocycles. The molecule has 0 saturated carbocycles. The Balaban J connectivity index is 0.00000102. The topological polar surface area (TPSA) is 25.2 Å². The molecule has 27 heavy (non-hydrogen) atoms. The summed E-state index contributed by atoms with van der Waals surface area (Å²) in [5.41, 5.74) is 4.15. The molecule has 3 aromatic rings. The molecule has 4 rings (SSSR count). The number of likely N-dealkylation sites (tertiary alicyclic amines) is 1. The normalized spacial score (nSPS) is 14.2. The Bertz CT molecular complexity index is 927. The number of carbonyl (C=O) groups excluding carboxylic acids is 1. The van der Waals surface area contributed by atoms with Gasteiger partial charge < -0.3 is 4.57 Å². The van der Waals surface area contributed by atoms with Gasteiger partial charge in [0, 0.05) is 22.3 Å². The minimum Gasteiger partial charge on any atom is -0.317 e. The highest BCUT2D eigenvalue weighted by Gasteiger charge is 2.21. The zero-order valence-electron chi connectivity index (χ0n) is 17.0. The van der Waals surface area contributed by atoms with Crippen molar-refractivity contribution in [1.29, 1.82) is 0 Å². The van der Waals surface area contributed by atoms with Crippen LogP contribution in [0.15, 0.2) is 48.5 Å². The molecule has 0 aliphatic carbocycles. The number of nitrogens with zero attached hydrogens (tertiary/aromatic N) is 2. The first-order valence-corrected chi connectivity index (χ1v) is 10.1. The quantitative estimate of drug-likeness (QED) is 0.568. The molecule has 2 aromatic carbocycles. The van der Waals surface area contributed by atoms with Crippen molar-refractivity contribution in [1.82, 2.24) is 9.47 Å². The number of carbonyl (C=O) groups is 1. The van der Waals surface area contributed by atoms with Gasteiger partial charge in [0.15, 0.2) is 5.78 Å². The van der Waals surface area contributed by atoms with Crippen molar-refractivity contribution in [2.75, 3.05) is 19.6 Å². The fraction of sp³-hybridized carbons (Fsp3) is 0.375. The van der Waals surface area contributed by atoms with Gasteiger partial charge in [-0.15, -0.1) is 0 Å². The van der Waals surface area contributed by atoms with E-state index < -0.39 is 0 Å². The summed E-state index contributed by atoms with van der Waals surface area (Å²) in [6, 6.07) is 16.8. The Morgan fingerprint density at radius 2 is 1.63 bits per heavy atom. The third-order valence-electron chi connectivity index (χ3n) is 5.30. The van der Waals surface area contributed by atoms with Crippen LogP contribution in [0.2, 0.25) is 0 Å². The van der Waals surface area contributed by atoms with Gasteiger partial charge in [-0.1, -0.05) is 50.2 Å². The average Bonchev–Trinajstić information content (AvgIpc) is 3.30. The van der Waals surface area contributed by atoms with Gasteiger partial charge >= 0.3 is 0 Å². The molecule has 0 amide bonds. The number of aromatic nitrogens is 1. The summed E-state index contributed by atoms with van der Waals surface area (Å²) in [5.74, 6) is 0.237. The van der Waals surface area contributed by atoms with Gasteiger partial charge in [-0.3, -0.25) is 9.69 Å². The van der Waals surface area contributed by atoms with Crippen LogP contribution in [0.4, 0.5) is 0 Å². The molecule has 0 atom stereocenters. The largest absolute Gasteiger partial charge is 0.317 e. The zero-order chi connectivity index (χ0) is 19.4. The van der Waals surface area contributed by atoms with Gasteiger partial charge in [-0.25, -0.2) is 0 Å². The molecule has 3 heteroatoms. The second-order valence-corrected chi connectivity index (χ2v) is 7.02. The maximum absolute atomic E-state index is 12.8. The number of aryl methyl sites for hydroxylation is 1. The van der Waals surface area contributed by atoms with Crippen molar-refractivity contribution in [2.45, 2.75) is 40.5 Å². The summed E-state index contributed by atoms with van der Waals surface area (Å²) in [6.07, 6.45) is 2.42. The number of hydrogen-bond acceptors (Lipinski definition) is 2. The van der Waals surface area contributed by atoms with Crippen LogP contribution in [0.25, 0.3) is 16.5 Å². The summed E-state index contributed by atoms with van der Waals surface area (Å²) in [5, 5.41) is 2.43. The standard InChI is InChI=1S/C22H24N2O.C2H6/c1-16-14-20(22(25)15-23-12-5-6-13-23)17(2)24(16)21-11-7-9-18-8-3-4-10-19(18)21;1-2/h3-4,7-11,14H,5-6,12-13,15H2,1-2H3;1-2H3. The lowest BCUT2D eigenvalue weighted by atomic mass is 10.1. The lowest BCUT2D eigenvalue weighted by molar-refractivity contribution is 0.0944. The summed E-state index contributed by atoms with van der Waals surface area (Å²) >= 11 is 0. The van der Waals surface area contributed by atoms with Crippen molar-refractivity contribution in [3.63, 3.8) is 0 Å². The molecule has 1 aliphatic heterocycles. The summed E-state index contributed by atoms with van der Waals surface area (Å²) < 4.78 is 2.22. The predicted octanol–water partition coefficient (Wildman–Crippen LogP) is 5.55. The first-order valence-electron chi connectivity index (χ1n) is 10.1. The number of fused-ring (bicyclic) bond motifs is 1. The molecular weight excluding hydrogens is 332 g/mol. The summed E-state index contributed by atoms with van der Waals surface area (Å²) in [4.78, 5) is 15.1. The van der Waals surface area contributed by atoms with E-state index in [0.717, 1.165) is 35.7 Å². The van der Waals surface area contributed by atoms with Gasteiger partial charge in [0.05, 0.1) is 12.2 Å². The van der Waals surface area contributed by atoms with Crippen LogP contribution >= 0.6 is 0 Å². The van der Waals surface area contributed by atoms with Crippen LogP contribution in [-0.2, 0) is 0 Å². The monoisotopic (exact) mass is 362 g/mol. The molecule has 1 aliphatic rings. The highest BCUT2D eigenvalue weighted by Crippen LogP contribution is 2.27. The van der Waals surface area contributed by atoms with E-state index in [2.05, 4.69) is 71.8 Å². The summed E-state index contributed by atoms with van der Waals surface area (Å²) in [6.45, 7) is 10.8. The van der Waals surface area contributed by atoms with E-state index in [1.807, 2.05) is 13.8 Å². The van der Waals surface area contributed by atoms with Crippen LogP contribution < -0.4 is 0 Å². The van der Waals surface area contributed by atoms with Crippen molar-refractivity contribution >= 4 is 16.6 Å². The summed E-state index contributed by atoms with van der Waals surface area (Å²) in [7, 11) is 0. The second kappa shape index (κ2) is 8.53. The van der Waals surface area contributed by atoms with Crippen LogP contribution in [0.5, 0.6) is 0 Å². The molecule has 1 aromatic heterocycles. The first-order chi connectivity index (χ1) is 13.1. The van der Waals surface area contributed by atoms with Crippen LogP contribution in [0.1, 0.15) is 48.4 Å². The lowest BCUT2D eigenvalue weighted by Crippen LogP contribution is -2.27. The molecule has 1 fully saturated rings. The fourth-order valence-electron chi connectivity index (χ4n) is 4.05. The SMILES string of the molecule is CC.Cc1cc(C(=O)CN2CCCC2)c(C)n1-c1cccc2ccccc12. The minimum atomic E-state index is 0.237. The zero-order valence-corrected chi connectivity index (χ0v) is 17.0. The Hall–Kier alpha value is -2.39. The van der Waals surface area contributed by atoms with E-state index in [1.165, 1.54) is 23.6 Å². The smallest absolute Gasteiger partial charge is 0.178 e. The van der Waals surface area contributed by atoms with E-state index >= 15 is 0 Å². The molecule has 3 nitrogen and oxygen atoms in total. The van der Waals surface area contributed by atoms with Crippen molar-refractivity contribution in [2.24, 2.45) is 0 Å². The predicted molar refractivity (Wildman–Crippen MR) is 114 cm³/mol.